The maximum absolute atomic E-state index is 13.1. The van der Waals surface area contributed by atoms with Crippen molar-refractivity contribution in [1.82, 2.24) is 14.9 Å². The predicted octanol–water partition coefficient (Wildman–Crippen LogP) is 3.50. The van der Waals surface area contributed by atoms with Gasteiger partial charge in [0, 0.05) is 44.1 Å². The lowest BCUT2D eigenvalue weighted by atomic mass is 10.1. The van der Waals surface area contributed by atoms with Crippen molar-refractivity contribution >= 4 is 23.6 Å². The molecule has 4 rings (SSSR count). The van der Waals surface area contributed by atoms with Gasteiger partial charge in [0.1, 0.15) is 17.7 Å². The van der Waals surface area contributed by atoms with Crippen molar-refractivity contribution in [3.05, 3.63) is 71.4 Å². The Morgan fingerprint density at radius 2 is 1.74 bits per heavy atom. The molecule has 11 nitrogen and oxygen atoms in total. The van der Waals surface area contributed by atoms with Crippen molar-refractivity contribution < 1.29 is 33.3 Å². The van der Waals surface area contributed by atoms with Gasteiger partial charge in [-0.15, -0.1) is 0 Å². The zero-order valence-electron chi connectivity index (χ0n) is 22.0. The third-order valence-corrected chi connectivity index (χ3v) is 5.87. The number of ether oxygens (including phenoxy) is 4. The average Bonchev–Trinajstić information content (AvgIpc) is 2.89. The van der Waals surface area contributed by atoms with Crippen LogP contribution in [0.4, 0.5) is 5.82 Å². The zero-order valence-corrected chi connectivity index (χ0v) is 22.0. The minimum atomic E-state index is -0.463. The number of carbonyl (C=O) groups excluding carboxylic acids is 3. The van der Waals surface area contributed by atoms with Gasteiger partial charge >= 0.3 is 5.97 Å². The molecule has 1 atom stereocenters. The number of aromatic nitrogens is 2. The standard InChI is InChI=1S/C28H30N4O7/c1-18(17-36-2)38-24-14-21(27(34)30-23-10-5-19(16-29-23)13-26(33)37-3)15-25(31-24)39-22-8-6-20(7-9-22)28(35)32-11-4-12-32/h5-10,14-16,18H,4,11-13,17H2,1-3H3,(H,29,30,34)/t18-/m1/s1. The topological polar surface area (TPSA) is 129 Å². The molecular formula is C28H30N4O7. The molecule has 2 aromatic heterocycles. The highest BCUT2D eigenvalue weighted by molar-refractivity contribution is 6.04. The summed E-state index contributed by atoms with van der Waals surface area (Å²) in [4.78, 5) is 47.3. The quantitative estimate of drug-likeness (QED) is 0.368. The zero-order chi connectivity index (χ0) is 27.8. The maximum atomic E-state index is 13.1. The Balaban J connectivity index is 1.51. The first-order valence-corrected chi connectivity index (χ1v) is 12.4. The van der Waals surface area contributed by atoms with E-state index >= 15 is 0 Å². The summed E-state index contributed by atoms with van der Waals surface area (Å²) in [7, 11) is 2.88. The molecule has 0 bridgehead atoms. The lowest BCUT2D eigenvalue weighted by Crippen LogP contribution is -2.41. The van der Waals surface area contributed by atoms with E-state index in [4.69, 9.17) is 14.2 Å². The molecule has 3 heterocycles. The van der Waals surface area contributed by atoms with E-state index in [9.17, 15) is 14.4 Å². The first-order valence-electron chi connectivity index (χ1n) is 12.4. The summed E-state index contributed by atoms with van der Waals surface area (Å²) in [5, 5.41) is 2.72. The molecule has 1 N–H and O–H groups in total. The molecule has 1 aromatic carbocycles. The summed E-state index contributed by atoms with van der Waals surface area (Å²) >= 11 is 0. The van der Waals surface area contributed by atoms with Crippen molar-refractivity contribution in [2.75, 3.05) is 39.2 Å². The van der Waals surface area contributed by atoms with Crippen LogP contribution in [0.2, 0.25) is 0 Å². The molecule has 0 aliphatic carbocycles. The van der Waals surface area contributed by atoms with Crippen LogP contribution in [0.3, 0.4) is 0 Å². The Labute approximate surface area is 226 Å². The highest BCUT2D eigenvalue weighted by Gasteiger charge is 2.21. The third kappa shape index (κ3) is 7.51. The van der Waals surface area contributed by atoms with Crippen LogP contribution >= 0.6 is 0 Å². The number of benzene rings is 1. The van der Waals surface area contributed by atoms with E-state index in [2.05, 4.69) is 20.0 Å². The fourth-order valence-electron chi connectivity index (χ4n) is 3.72. The number of nitrogens with one attached hydrogen (secondary N) is 1. The lowest BCUT2D eigenvalue weighted by Gasteiger charge is -2.30. The number of nitrogens with zero attached hydrogens (tertiary/aromatic N) is 3. The summed E-state index contributed by atoms with van der Waals surface area (Å²) in [5.41, 5.74) is 1.45. The molecule has 1 fully saturated rings. The average molecular weight is 535 g/mol. The molecular weight excluding hydrogens is 504 g/mol. The summed E-state index contributed by atoms with van der Waals surface area (Å²) in [6.45, 7) is 3.68. The van der Waals surface area contributed by atoms with Gasteiger partial charge < -0.3 is 29.2 Å². The minimum absolute atomic E-state index is 0.0145. The van der Waals surface area contributed by atoms with Crippen molar-refractivity contribution in [2.24, 2.45) is 0 Å². The Bertz CT molecular complexity index is 1310. The number of amides is 2. The molecule has 39 heavy (non-hydrogen) atoms. The van der Waals surface area contributed by atoms with Crippen LogP contribution in [0.15, 0.2) is 54.7 Å². The number of hydrogen-bond acceptors (Lipinski definition) is 9. The Hall–Kier alpha value is -4.51. The molecule has 0 saturated carbocycles. The van der Waals surface area contributed by atoms with Gasteiger partial charge in [0.25, 0.3) is 11.8 Å². The van der Waals surface area contributed by atoms with Crippen LogP contribution in [0, 0.1) is 0 Å². The molecule has 3 aromatic rings. The Kier molecular flexibility index (Phi) is 9.06. The van der Waals surface area contributed by atoms with Crippen molar-refractivity contribution in [1.29, 1.82) is 0 Å². The summed E-state index contributed by atoms with van der Waals surface area (Å²) in [6, 6.07) is 13.0. The van der Waals surface area contributed by atoms with Gasteiger partial charge in [0.2, 0.25) is 11.8 Å². The first-order chi connectivity index (χ1) is 18.8. The molecule has 1 saturated heterocycles. The smallest absolute Gasteiger partial charge is 0.310 e. The SMILES string of the molecule is COC[C@@H](C)Oc1cc(C(=O)Nc2ccc(CC(=O)OC)cn2)cc(Oc2ccc(C(=O)N3CCC3)cc2)n1. The first kappa shape index (κ1) is 27.5. The number of likely N-dealkylation sites (tertiary alicyclic amines) is 1. The van der Waals surface area contributed by atoms with Crippen LogP contribution < -0.4 is 14.8 Å². The van der Waals surface area contributed by atoms with Gasteiger partial charge in [-0.05, 0) is 49.2 Å². The molecule has 0 spiro atoms. The van der Waals surface area contributed by atoms with E-state index in [1.807, 2.05) is 6.92 Å². The van der Waals surface area contributed by atoms with E-state index in [0.717, 1.165) is 19.5 Å². The largest absolute Gasteiger partial charge is 0.472 e. The molecule has 1 aliphatic heterocycles. The van der Waals surface area contributed by atoms with Crippen LogP contribution in [-0.2, 0) is 20.7 Å². The normalized spacial score (nSPS) is 13.2. The number of hydrogen-bond donors (Lipinski definition) is 1. The van der Waals surface area contributed by atoms with E-state index in [1.165, 1.54) is 25.4 Å². The van der Waals surface area contributed by atoms with E-state index < -0.39 is 5.91 Å². The molecule has 204 valence electrons. The third-order valence-electron chi connectivity index (χ3n) is 5.87. The van der Waals surface area contributed by atoms with Gasteiger partial charge in [0.15, 0.2) is 0 Å². The second-order valence-electron chi connectivity index (χ2n) is 8.95. The van der Waals surface area contributed by atoms with Crippen LogP contribution in [-0.4, -0.2) is 72.7 Å². The maximum Gasteiger partial charge on any atom is 0.310 e. The fraction of sp³-hybridized carbons (Fsp3) is 0.321. The predicted molar refractivity (Wildman–Crippen MR) is 141 cm³/mol. The monoisotopic (exact) mass is 534 g/mol. The molecule has 0 unspecified atom stereocenters. The lowest BCUT2D eigenvalue weighted by molar-refractivity contribution is -0.139. The summed E-state index contributed by atoms with van der Waals surface area (Å²) in [6.07, 6.45) is 2.26. The molecule has 2 amide bonds. The molecule has 0 radical (unpaired) electrons. The van der Waals surface area contributed by atoms with E-state index in [-0.39, 0.29) is 41.7 Å². The van der Waals surface area contributed by atoms with E-state index in [1.54, 1.807) is 48.4 Å². The summed E-state index contributed by atoms with van der Waals surface area (Å²) < 4.78 is 21.5. The second kappa shape index (κ2) is 12.8. The molecule has 1 aliphatic rings. The van der Waals surface area contributed by atoms with Gasteiger partial charge in [-0.1, -0.05) is 6.07 Å². The van der Waals surface area contributed by atoms with E-state index in [0.29, 0.717) is 29.3 Å². The number of methoxy groups -OCH3 is 2. The van der Waals surface area contributed by atoms with Crippen molar-refractivity contribution in [3.8, 4) is 17.5 Å². The minimum Gasteiger partial charge on any atom is -0.472 e. The Morgan fingerprint density at radius 1 is 1.00 bits per heavy atom. The van der Waals surface area contributed by atoms with Crippen LogP contribution in [0.5, 0.6) is 17.5 Å². The van der Waals surface area contributed by atoms with Crippen molar-refractivity contribution in [3.63, 3.8) is 0 Å². The molecule has 11 heteroatoms. The van der Waals surface area contributed by atoms with Gasteiger partial charge in [-0.2, -0.15) is 4.98 Å². The second-order valence-corrected chi connectivity index (χ2v) is 8.95. The number of rotatable bonds is 11. The van der Waals surface area contributed by atoms with Gasteiger partial charge in [-0.3, -0.25) is 14.4 Å². The Morgan fingerprint density at radius 3 is 2.36 bits per heavy atom. The number of anilines is 1. The number of esters is 1. The highest BCUT2D eigenvalue weighted by Crippen LogP contribution is 2.26. The van der Waals surface area contributed by atoms with Crippen LogP contribution in [0.25, 0.3) is 0 Å². The number of carbonyl (C=O) groups is 3. The van der Waals surface area contributed by atoms with Gasteiger partial charge in [0.05, 0.1) is 25.7 Å². The summed E-state index contributed by atoms with van der Waals surface area (Å²) in [5.74, 6) is 0.184. The fourth-order valence-corrected chi connectivity index (χ4v) is 3.72. The highest BCUT2D eigenvalue weighted by atomic mass is 16.5. The van der Waals surface area contributed by atoms with Gasteiger partial charge in [-0.25, -0.2) is 4.98 Å². The van der Waals surface area contributed by atoms with Crippen molar-refractivity contribution in [2.45, 2.75) is 25.9 Å². The van der Waals surface area contributed by atoms with Crippen LogP contribution in [0.1, 0.15) is 39.6 Å². The number of pyridine rings is 2.